The summed E-state index contributed by atoms with van der Waals surface area (Å²) in [6.07, 6.45) is 7.50. The third-order valence-corrected chi connectivity index (χ3v) is 2.58. The quantitative estimate of drug-likeness (QED) is 0.314. The number of nitrogens with zero attached hydrogens (tertiary/aromatic N) is 1. The standard InChI is InChI=1S/C14H19NO3/c1-2-8-17-9-10-18-14(16)13(11-15)12-6-4-3-5-7-12/h4,6H,2-3,5,7-10H2,1H3/b13-12+. The lowest BCUT2D eigenvalue weighted by Gasteiger charge is -2.10. The fourth-order valence-corrected chi connectivity index (χ4v) is 1.69. The third kappa shape index (κ3) is 4.72. The van der Waals surface area contributed by atoms with Crippen LogP contribution in [0.3, 0.4) is 0 Å². The molecule has 18 heavy (non-hydrogen) atoms. The van der Waals surface area contributed by atoms with Gasteiger partial charge in [0.1, 0.15) is 18.2 Å². The maximum Gasteiger partial charge on any atom is 0.349 e. The van der Waals surface area contributed by atoms with Gasteiger partial charge in [-0.25, -0.2) is 4.79 Å². The minimum absolute atomic E-state index is 0.126. The van der Waals surface area contributed by atoms with E-state index in [9.17, 15) is 4.79 Å². The highest BCUT2D eigenvalue weighted by atomic mass is 16.6. The first kappa shape index (κ1) is 14.5. The van der Waals surface area contributed by atoms with Crippen LogP contribution in [0.25, 0.3) is 0 Å². The maximum atomic E-state index is 11.7. The maximum absolute atomic E-state index is 11.7. The van der Waals surface area contributed by atoms with Crippen molar-refractivity contribution in [3.63, 3.8) is 0 Å². The first-order valence-electron chi connectivity index (χ1n) is 6.34. The summed E-state index contributed by atoms with van der Waals surface area (Å²) in [7, 11) is 0. The Morgan fingerprint density at radius 3 is 2.89 bits per heavy atom. The zero-order chi connectivity index (χ0) is 13.2. The third-order valence-electron chi connectivity index (χ3n) is 2.58. The number of esters is 1. The molecular weight excluding hydrogens is 230 g/mol. The average Bonchev–Trinajstić information content (AvgIpc) is 2.40. The Kier molecular flexibility index (Phi) is 6.82. The first-order valence-corrected chi connectivity index (χ1v) is 6.34. The molecule has 1 rings (SSSR count). The zero-order valence-electron chi connectivity index (χ0n) is 10.8. The lowest BCUT2D eigenvalue weighted by molar-refractivity contribution is -0.140. The van der Waals surface area contributed by atoms with Gasteiger partial charge in [0.2, 0.25) is 0 Å². The van der Waals surface area contributed by atoms with Crippen LogP contribution in [0.4, 0.5) is 0 Å². The van der Waals surface area contributed by atoms with Crippen molar-refractivity contribution in [2.24, 2.45) is 0 Å². The van der Waals surface area contributed by atoms with E-state index in [1.54, 1.807) is 0 Å². The van der Waals surface area contributed by atoms with E-state index in [2.05, 4.69) is 0 Å². The van der Waals surface area contributed by atoms with E-state index in [0.29, 0.717) is 13.2 Å². The zero-order valence-corrected chi connectivity index (χ0v) is 10.8. The van der Waals surface area contributed by atoms with E-state index in [0.717, 1.165) is 31.3 Å². The summed E-state index contributed by atoms with van der Waals surface area (Å²) in [5, 5.41) is 9.02. The molecule has 98 valence electrons. The molecule has 0 aromatic rings. The Labute approximate surface area is 108 Å². The second kappa shape index (κ2) is 8.48. The Morgan fingerprint density at radius 2 is 2.28 bits per heavy atom. The molecule has 0 atom stereocenters. The van der Waals surface area contributed by atoms with E-state index in [-0.39, 0.29) is 12.2 Å². The number of allylic oxidation sites excluding steroid dienone is 3. The first-order chi connectivity index (χ1) is 8.79. The lowest BCUT2D eigenvalue weighted by Crippen LogP contribution is -2.14. The van der Waals surface area contributed by atoms with Gasteiger partial charge in [0.05, 0.1) is 6.61 Å². The Morgan fingerprint density at radius 1 is 1.44 bits per heavy atom. The fraction of sp³-hybridized carbons (Fsp3) is 0.571. The molecule has 0 amide bonds. The van der Waals surface area contributed by atoms with Crippen LogP contribution in [0.2, 0.25) is 0 Å². The summed E-state index contributed by atoms with van der Waals surface area (Å²) in [5.74, 6) is -0.542. The SMILES string of the molecule is CCCOCCOC(=O)/C(C#N)=C1\C=CCCC1. The van der Waals surface area contributed by atoms with Crippen LogP contribution in [-0.2, 0) is 14.3 Å². The van der Waals surface area contributed by atoms with Crippen LogP contribution in [-0.4, -0.2) is 25.8 Å². The van der Waals surface area contributed by atoms with Gasteiger partial charge in [0.15, 0.2) is 0 Å². The van der Waals surface area contributed by atoms with Crippen molar-refractivity contribution in [3.8, 4) is 6.07 Å². The minimum atomic E-state index is -0.542. The second-order valence-electron chi connectivity index (χ2n) is 4.05. The molecule has 4 heteroatoms. The smallest absolute Gasteiger partial charge is 0.349 e. The Bertz CT molecular complexity index is 377. The van der Waals surface area contributed by atoms with Crippen molar-refractivity contribution in [1.82, 2.24) is 0 Å². The monoisotopic (exact) mass is 249 g/mol. The molecule has 0 heterocycles. The molecule has 0 aromatic heterocycles. The Hall–Kier alpha value is -1.60. The van der Waals surface area contributed by atoms with Crippen molar-refractivity contribution in [2.75, 3.05) is 19.8 Å². The van der Waals surface area contributed by atoms with Crippen LogP contribution in [0.15, 0.2) is 23.3 Å². The predicted octanol–water partition coefficient (Wildman–Crippen LogP) is 2.52. The molecule has 0 aromatic carbocycles. The van der Waals surface area contributed by atoms with E-state index in [1.165, 1.54) is 0 Å². The van der Waals surface area contributed by atoms with Gasteiger partial charge in [-0.05, 0) is 31.3 Å². The highest BCUT2D eigenvalue weighted by Gasteiger charge is 2.16. The van der Waals surface area contributed by atoms with Gasteiger partial charge in [0, 0.05) is 6.61 Å². The number of nitriles is 1. The van der Waals surface area contributed by atoms with Crippen LogP contribution >= 0.6 is 0 Å². The molecule has 1 aliphatic carbocycles. The Balaban J connectivity index is 2.46. The molecule has 0 N–H and O–H groups in total. The summed E-state index contributed by atoms with van der Waals surface area (Å²) >= 11 is 0. The van der Waals surface area contributed by atoms with Gasteiger partial charge in [-0.15, -0.1) is 0 Å². The second-order valence-corrected chi connectivity index (χ2v) is 4.05. The summed E-state index contributed by atoms with van der Waals surface area (Å²) in [6, 6.07) is 1.94. The number of rotatable bonds is 6. The number of hydrogen-bond acceptors (Lipinski definition) is 4. The summed E-state index contributed by atoms with van der Waals surface area (Å²) in [5.41, 5.74) is 0.907. The van der Waals surface area contributed by atoms with E-state index >= 15 is 0 Å². The van der Waals surface area contributed by atoms with Crippen molar-refractivity contribution < 1.29 is 14.3 Å². The van der Waals surface area contributed by atoms with Gasteiger partial charge >= 0.3 is 5.97 Å². The molecule has 0 fully saturated rings. The number of ether oxygens (including phenoxy) is 2. The highest BCUT2D eigenvalue weighted by Crippen LogP contribution is 2.20. The van der Waals surface area contributed by atoms with Crippen LogP contribution in [0, 0.1) is 11.3 Å². The van der Waals surface area contributed by atoms with Crippen LogP contribution in [0.1, 0.15) is 32.6 Å². The van der Waals surface area contributed by atoms with E-state index in [1.807, 2.05) is 25.1 Å². The summed E-state index contributed by atoms with van der Waals surface area (Å²) in [6.45, 7) is 3.25. The van der Waals surface area contributed by atoms with Crippen LogP contribution in [0.5, 0.6) is 0 Å². The predicted molar refractivity (Wildman–Crippen MR) is 67.7 cm³/mol. The molecule has 0 saturated carbocycles. The van der Waals surface area contributed by atoms with Crippen molar-refractivity contribution >= 4 is 5.97 Å². The molecule has 1 aliphatic rings. The molecule has 0 radical (unpaired) electrons. The number of hydrogen-bond donors (Lipinski definition) is 0. The van der Waals surface area contributed by atoms with Crippen molar-refractivity contribution in [2.45, 2.75) is 32.6 Å². The van der Waals surface area contributed by atoms with Gasteiger partial charge in [-0.3, -0.25) is 0 Å². The topological polar surface area (TPSA) is 59.3 Å². The number of carbonyl (C=O) groups is 1. The van der Waals surface area contributed by atoms with Gasteiger partial charge in [-0.2, -0.15) is 5.26 Å². The van der Waals surface area contributed by atoms with Crippen LogP contribution < -0.4 is 0 Å². The molecule has 0 spiro atoms. The van der Waals surface area contributed by atoms with Crippen molar-refractivity contribution in [1.29, 1.82) is 5.26 Å². The fourth-order valence-electron chi connectivity index (χ4n) is 1.69. The highest BCUT2D eigenvalue weighted by molar-refractivity contribution is 5.94. The summed E-state index contributed by atoms with van der Waals surface area (Å²) in [4.78, 5) is 11.7. The van der Waals surface area contributed by atoms with Gasteiger partial charge < -0.3 is 9.47 Å². The normalized spacial score (nSPS) is 17.1. The summed E-state index contributed by atoms with van der Waals surface area (Å²) < 4.78 is 10.2. The van der Waals surface area contributed by atoms with E-state index < -0.39 is 5.97 Å². The molecule has 4 nitrogen and oxygen atoms in total. The average molecular weight is 249 g/mol. The molecule has 0 bridgehead atoms. The minimum Gasteiger partial charge on any atom is -0.459 e. The van der Waals surface area contributed by atoms with Gasteiger partial charge in [0.25, 0.3) is 0 Å². The molecule has 0 unspecified atom stereocenters. The molecular formula is C14H19NO3. The lowest BCUT2D eigenvalue weighted by atomic mass is 9.97. The number of carbonyl (C=O) groups excluding carboxylic acids is 1. The van der Waals surface area contributed by atoms with Gasteiger partial charge in [-0.1, -0.05) is 19.1 Å². The van der Waals surface area contributed by atoms with E-state index in [4.69, 9.17) is 14.7 Å². The molecule has 0 saturated heterocycles. The molecule has 0 aliphatic heterocycles. The van der Waals surface area contributed by atoms with Crippen molar-refractivity contribution in [3.05, 3.63) is 23.3 Å². The largest absolute Gasteiger partial charge is 0.459 e.